The number of carbonyl (C=O) groups excluding carboxylic acids is 1. The highest BCUT2D eigenvalue weighted by atomic mass is 32.2. The van der Waals surface area contributed by atoms with Crippen LogP contribution in [0.15, 0.2) is 59.5 Å². The Morgan fingerprint density at radius 1 is 1.10 bits per heavy atom. The van der Waals surface area contributed by atoms with Gasteiger partial charge in [-0.3, -0.25) is 4.79 Å². The van der Waals surface area contributed by atoms with E-state index < -0.39 is 27.8 Å². The van der Waals surface area contributed by atoms with Crippen LogP contribution in [0.1, 0.15) is 17.7 Å². The lowest BCUT2D eigenvalue weighted by molar-refractivity contribution is -0.141. The topological polar surface area (TPSA) is 107 Å². The molecule has 3 N–H and O–H groups in total. The first kappa shape index (κ1) is 22.5. The van der Waals surface area contributed by atoms with Crippen molar-refractivity contribution in [3.8, 4) is 16.9 Å². The number of sulfonamides is 1. The van der Waals surface area contributed by atoms with Gasteiger partial charge in [0.25, 0.3) is 10.0 Å². The first-order chi connectivity index (χ1) is 14.5. The number of rotatable bonds is 6. The number of hydrogen-bond acceptors (Lipinski definition) is 5. The van der Waals surface area contributed by atoms with Gasteiger partial charge in [-0.05, 0) is 37.3 Å². The molecule has 3 rings (SSSR count). The molecule has 1 amide bonds. The van der Waals surface area contributed by atoms with Crippen molar-refractivity contribution in [2.45, 2.75) is 24.4 Å². The summed E-state index contributed by atoms with van der Waals surface area (Å²) in [6.45, 7) is 1.84. The second-order valence-electron chi connectivity index (χ2n) is 6.75. The normalized spacial score (nSPS) is 12.0. The molecule has 0 atom stereocenters. The maximum Gasteiger partial charge on any atom is 0.435 e. The molecule has 1 heterocycles. The molecule has 0 saturated carbocycles. The monoisotopic (exact) mass is 452 g/mol. The zero-order valence-electron chi connectivity index (χ0n) is 16.3. The lowest BCUT2D eigenvalue weighted by Gasteiger charge is -2.10. The minimum absolute atomic E-state index is 0.0110. The average Bonchev–Trinajstić information content (AvgIpc) is 3.14. The van der Waals surface area contributed by atoms with Crippen LogP contribution in [0, 0.1) is 6.92 Å². The highest BCUT2D eigenvalue weighted by Crippen LogP contribution is 2.33. The summed E-state index contributed by atoms with van der Waals surface area (Å²) < 4.78 is 67.4. The molecule has 2 aromatic carbocycles. The Labute approximate surface area is 176 Å². The first-order valence-corrected chi connectivity index (χ1v) is 10.6. The molecule has 31 heavy (non-hydrogen) atoms. The van der Waals surface area contributed by atoms with Crippen molar-refractivity contribution in [3.63, 3.8) is 0 Å². The molecular formula is C20H19F3N4O3S. The predicted octanol–water partition coefficient (Wildman–Crippen LogP) is 3.02. The van der Waals surface area contributed by atoms with Crippen LogP contribution in [0.25, 0.3) is 16.9 Å². The molecule has 0 spiro atoms. The number of amides is 1. The highest BCUT2D eigenvalue weighted by Gasteiger charge is 2.35. The molecule has 7 nitrogen and oxygen atoms in total. The van der Waals surface area contributed by atoms with E-state index in [4.69, 9.17) is 5.73 Å². The number of hydrogen-bond donors (Lipinski definition) is 2. The third-order valence-electron chi connectivity index (χ3n) is 4.36. The Balaban J connectivity index is 2.01. The molecule has 1 aromatic heterocycles. The molecule has 3 aromatic rings. The van der Waals surface area contributed by atoms with Gasteiger partial charge in [0.05, 0.1) is 16.3 Å². The zero-order valence-corrected chi connectivity index (χ0v) is 17.2. The summed E-state index contributed by atoms with van der Waals surface area (Å²) in [5.74, 6) is -0.755. The van der Waals surface area contributed by atoms with Gasteiger partial charge in [0, 0.05) is 18.5 Å². The van der Waals surface area contributed by atoms with E-state index in [1.165, 1.54) is 24.3 Å². The summed E-state index contributed by atoms with van der Waals surface area (Å²) in [6, 6.07) is 12.8. The fraction of sp³-hybridized carbons (Fsp3) is 0.200. The summed E-state index contributed by atoms with van der Waals surface area (Å²) in [5, 5.41) is 3.67. The van der Waals surface area contributed by atoms with Gasteiger partial charge in [0.2, 0.25) is 5.91 Å². The van der Waals surface area contributed by atoms with Crippen molar-refractivity contribution in [2.24, 2.45) is 5.73 Å². The Morgan fingerprint density at radius 2 is 1.71 bits per heavy atom. The largest absolute Gasteiger partial charge is 0.435 e. The lowest BCUT2D eigenvalue weighted by Crippen LogP contribution is -2.31. The molecule has 0 fully saturated rings. The highest BCUT2D eigenvalue weighted by molar-refractivity contribution is 7.90. The number of aryl methyl sites for hydroxylation is 1. The Morgan fingerprint density at radius 3 is 2.26 bits per heavy atom. The van der Waals surface area contributed by atoms with E-state index in [-0.39, 0.29) is 29.2 Å². The summed E-state index contributed by atoms with van der Waals surface area (Å²) in [7, 11) is -4.13. The smallest absolute Gasteiger partial charge is 0.330 e. The van der Waals surface area contributed by atoms with Crippen LogP contribution in [-0.4, -0.2) is 30.7 Å². The second kappa shape index (κ2) is 8.52. The van der Waals surface area contributed by atoms with E-state index in [1.807, 2.05) is 11.6 Å². The Hall–Kier alpha value is -3.18. The SMILES string of the molecule is Cc1ccc(-c2cc(C(F)(F)F)nn2-c2ccc(S(=O)(=O)NC(=O)CCN)cc2)cc1. The minimum atomic E-state index is -4.65. The maximum absolute atomic E-state index is 13.3. The van der Waals surface area contributed by atoms with Gasteiger partial charge < -0.3 is 5.73 Å². The number of nitrogens with two attached hydrogens (primary N) is 1. The lowest BCUT2D eigenvalue weighted by atomic mass is 10.1. The third kappa shape index (κ3) is 5.12. The second-order valence-corrected chi connectivity index (χ2v) is 8.43. The first-order valence-electron chi connectivity index (χ1n) is 9.12. The molecule has 0 bridgehead atoms. The van der Waals surface area contributed by atoms with Crippen LogP contribution >= 0.6 is 0 Å². The van der Waals surface area contributed by atoms with E-state index >= 15 is 0 Å². The van der Waals surface area contributed by atoms with Gasteiger partial charge in [-0.25, -0.2) is 17.8 Å². The van der Waals surface area contributed by atoms with E-state index in [0.717, 1.165) is 16.3 Å². The van der Waals surface area contributed by atoms with Gasteiger partial charge in [-0.2, -0.15) is 18.3 Å². The molecule has 0 radical (unpaired) electrons. The minimum Gasteiger partial charge on any atom is -0.330 e. The van der Waals surface area contributed by atoms with Crippen LogP contribution in [0.5, 0.6) is 0 Å². The van der Waals surface area contributed by atoms with E-state index in [1.54, 1.807) is 24.3 Å². The predicted molar refractivity (Wildman–Crippen MR) is 108 cm³/mol. The number of carbonyl (C=O) groups is 1. The number of nitrogens with one attached hydrogen (secondary N) is 1. The zero-order chi connectivity index (χ0) is 22.8. The van der Waals surface area contributed by atoms with Gasteiger partial charge in [-0.15, -0.1) is 0 Å². The summed E-state index contributed by atoms with van der Waals surface area (Å²) in [6.07, 6.45) is -4.81. The molecule has 164 valence electrons. The molecule has 0 saturated heterocycles. The molecule has 11 heteroatoms. The maximum atomic E-state index is 13.3. The summed E-state index contributed by atoms with van der Waals surface area (Å²) in [5.41, 5.74) is 6.02. The van der Waals surface area contributed by atoms with Crippen molar-refractivity contribution < 1.29 is 26.4 Å². The summed E-state index contributed by atoms with van der Waals surface area (Å²) in [4.78, 5) is 11.3. The molecule has 0 aliphatic rings. The Kier molecular flexibility index (Phi) is 6.18. The van der Waals surface area contributed by atoms with E-state index in [0.29, 0.717) is 5.56 Å². The van der Waals surface area contributed by atoms with Crippen molar-refractivity contribution in [2.75, 3.05) is 6.54 Å². The number of alkyl halides is 3. The molecule has 0 aliphatic carbocycles. The van der Waals surface area contributed by atoms with Crippen LogP contribution in [-0.2, 0) is 21.0 Å². The Bertz CT molecular complexity index is 1190. The van der Waals surface area contributed by atoms with Gasteiger partial charge >= 0.3 is 6.18 Å². The van der Waals surface area contributed by atoms with Crippen molar-refractivity contribution in [3.05, 3.63) is 65.9 Å². The van der Waals surface area contributed by atoms with Crippen LogP contribution in [0.4, 0.5) is 13.2 Å². The average molecular weight is 452 g/mol. The number of halogens is 3. The van der Waals surface area contributed by atoms with E-state index in [2.05, 4.69) is 5.10 Å². The van der Waals surface area contributed by atoms with Crippen molar-refractivity contribution in [1.82, 2.24) is 14.5 Å². The van der Waals surface area contributed by atoms with Gasteiger partial charge in [0.1, 0.15) is 0 Å². The number of benzene rings is 2. The van der Waals surface area contributed by atoms with Crippen LogP contribution in [0.2, 0.25) is 0 Å². The summed E-state index contributed by atoms with van der Waals surface area (Å²) >= 11 is 0. The molecular weight excluding hydrogens is 433 g/mol. The van der Waals surface area contributed by atoms with Crippen molar-refractivity contribution in [1.29, 1.82) is 0 Å². The van der Waals surface area contributed by atoms with Gasteiger partial charge in [-0.1, -0.05) is 29.8 Å². The fourth-order valence-corrected chi connectivity index (χ4v) is 3.82. The molecule has 0 unspecified atom stereocenters. The van der Waals surface area contributed by atoms with Crippen LogP contribution in [0.3, 0.4) is 0 Å². The van der Waals surface area contributed by atoms with Crippen molar-refractivity contribution >= 4 is 15.9 Å². The standard InChI is InChI=1S/C20H19F3N4O3S/c1-13-2-4-14(5-3-13)17-12-18(20(21,22)23)25-27(17)15-6-8-16(9-7-15)31(29,30)26-19(28)10-11-24/h2-9,12H,10-11,24H2,1H3,(H,26,28). The quantitative estimate of drug-likeness (QED) is 0.598. The van der Waals surface area contributed by atoms with Crippen LogP contribution < -0.4 is 10.5 Å². The van der Waals surface area contributed by atoms with E-state index in [9.17, 15) is 26.4 Å². The number of aromatic nitrogens is 2. The third-order valence-corrected chi connectivity index (χ3v) is 5.75. The van der Waals surface area contributed by atoms with Gasteiger partial charge in [0.15, 0.2) is 5.69 Å². The fourth-order valence-electron chi connectivity index (χ4n) is 2.80. The molecule has 0 aliphatic heterocycles. The number of nitrogens with zero attached hydrogens (tertiary/aromatic N) is 2.